The van der Waals surface area contributed by atoms with Gasteiger partial charge in [-0.15, -0.1) is 0 Å². The van der Waals surface area contributed by atoms with Gasteiger partial charge in [-0.1, -0.05) is 302 Å². The van der Waals surface area contributed by atoms with E-state index in [1.165, 1.54) is 128 Å². The lowest BCUT2D eigenvalue weighted by molar-refractivity contribution is -0.167. The zero-order chi connectivity index (χ0) is 59.9. The number of hydrogen-bond donors (Lipinski definition) is 0. The Balaban J connectivity index is 4.24. The lowest BCUT2D eigenvalue weighted by Crippen LogP contribution is -2.30. The first-order chi connectivity index (χ1) is 41.0. The highest BCUT2D eigenvalue weighted by molar-refractivity contribution is 5.71. The number of esters is 3. The first-order valence-corrected chi connectivity index (χ1v) is 34.7. The Morgan fingerprint density at radius 3 is 0.747 bits per heavy atom. The summed E-state index contributed by atoms with van der Waals surface area (Å²) in [6.07, 6.45) is 99.1. The lowest BCUT2D eigenvalue weighted by atomic mass is 10.0. The average Bonchev–Trinajstić information content (AvgIpc) is 3.48. The van der Waals surface area contributed by atoms with Crippen molar-refractivity contribution in [3.8, 4) is 0 Å². The van der Waals surface area contributed by atoms with Gasteiger partial charge in [-0.3, -0.25) is 14.4 Å². The van der Waals surface area contributed by atoms with Crippen molar-refractivity contribution in [2.24, 2.45) is 0 Å². The van der Waals surface area contributed by atoms with Crippen molar-refractivity contribution in [3.63, 3.8) is 0 Å². The fourth-order valence-corrected chi connectivity index (χ4v) is 9.48. The molecule has 83 heavy (non-hydrogen) atoms. The van der Waals surface area contributed by atoms with E-state index >= 15 is 0 Å². The number of allylic oxidation sites excluding steroid dienone is 22. The molecular weight excluding hydrogens is 1020 g/mol. The van der Waals surface area contributed by atoms with Crippen molar-refractivity contribution in [1.82, 2.24) is 0 Å². The monoisotopic (exact) mass is 1150 g/mol. The Morgan fingerprint density at radius 2 is 0.470 bits per heavy atom. The van der Waals surface area contributed by atoms with Crippen LogP contribution in [0.3, 0.4) is 0 Å². The molecule has 0 heterocycles. The molecule has 0 fully saturated rings. The van der Waals surface area contributed by atoms with Crippen LogP contribution in [0.15, 0.2) is 134 Å². The maximum absolute atomic E-state index is 12.9. The summed E-state index contributed by atoms with van der Waals surface area (Å²) in [5.41, 5.74) is 0. The Bertz CT molecular complexity index is 1750. The van der Waals surface area contributed by atoms with E-state index in [0.29, 0.717) is 19.3 Å². The molecule has 1 unspecified atom stereocenters. The predicted molar refractivity (Wildman–Crippen MR) is 362 cm³/mol. The smallest absolute Gasteiger partial charge is 0.306 e. The molecule has 6 nitrogen and oxygen atoms in total. The van der Waals surface area contributed by atoms with Crippen LogP contribution in [0.4, 0.5) is 0 Å². The summed E-state index contributed by atoms with van der Waals surface area (Å²) in [4.78, 5) is 38.3. The van der Waals surface area contributed by atoms with Crippen LogP contribution >= 0.6 is 0 Å². The summed E-state index contributed by atoms with van der Waals surface area (Å²) in [5, 5.41) is 0. The molecule has 0 N–H and O–H groups in total. The Kier molecular flexibility index (Phi) is 66.3. The molecule has 0 rings (SSSR count). The minimum absolute atomic E-state index is 0.0920. The molecule has 0 bridgehead atoms. The van der Waals surface area contributed by atoms with Crippen LogP contribution < -0.4 is 0 Å². The van der Waals surface area contributed by atoms with E-state index in [1.54, 1.807) is 0 Å². The minimum Gasteiger partial charge on any atom is -0.462 e. The molecule has 6 heteroatoms. The number of carbonyl (C=O) groups excluding carboxylic acids is 3. The van der Waals surface area contributed by atoms with Gasteiger partial charge in [-0.05, 0) is 128 Å². The molecule has 0 aliphatic rings. The van der Waals surface area contributed by atoms with Crippen molar-refractivity contribution in [2.45, 2.75) is 322 Å². The fourth-order valence-electron chi connectivity index (χ4n) is 9.48. The molecule has 472 valence electrons. The van der Waals surface area contributed by atoms with Crippen molar-refractivity contribution in [1.29, 1.82) is 0 Å². The third-order valence-electron chi connectivity index (χ3n) is 14.6. The minimum atomic E-state index is -0.799. The van der Waals surface area contributed by atoms with Gasteiger partial charge in [0.05, 0.1) is 0 Å². The van der Waals surface area contributed by atoms with Crippen LogP contribution in [0.1, 0.15) is 316 Å². The quantitative estimate of drug-likeness (QED) is 0.0261. The molecule has 0 aromatic rings. The second-order valence-electron chi connectivity index (χ2n) is 22.7. The van der Waals surface area contributed by atoms with Gasteiger partial charge < -0.3 is 14.2 Å². The molecule has 0 aromatic carbocycles. The number of hydrogen-bond acceptors (Lipinski definition) is 6. The molecule has 0 spiro atoms. The van der Waals surface area contributed by atoms with E-state index in [4.69, 9.17) is 14.2 Å². The van der Waals surface area contributed by atoms with Crippen LogP contribution in [0.2, 0.25) is 0 Å². The largest absolute Gasteiger partial charge is 0.462 e. The van der Waals surface area contributed by atoms with Crippen LogP contribution in [0.5, 0.6) is 0 Å². The third kappa shape index (κ3) is 68.2. The first kappa shape index (κ1) is 78.5. The summed E-state index contributed by atoms with van der Waals surface area (Å²) >= 11 is 0. The first-order valence-electron chi connectivity index (χ1n) is 34.7. The summed E-state index contributed by atoms with van der Waals surface area (Å²) in [7, 11) is 0. The molecule has 0 amide bonds. The van der Waals surface area contributed by atoms with Crippen molar-refractivity contribution < 1.29 is 28.6 Å². The van der Waals surface area contributed by atoms with Crippen LogP contribution in [-0.2, 0) is 28.6 Å². The normalized spacial score (nSPS) is 13.0. The summed E-state index contributed by atoms with van der Waals surface area (Å²) in [6.45, 7) is 6.37. The second kappa shape index (κ2) is 70.0. The van der Waals surface area contributed by atoms with E-state index in [-0.39, 0.29) is 31.1 Å². The molecule has 0 saturated carbocycles. The Labute approximate surface area is 513 Å². The summed E-state index contributed by atoms with van der Waals surface area (Å²) in [6, 6.07) is 0. The Hall–Kier alpha value is -4.45. The Morgan fingerprint density at radius 1 is 0.253 bits per heavy atom. The van der Waals surface area contributed by atoms with Gasteiger partial charge in [0.1, 0.15) is 13.2 Å². The highest BCUT2D eigenvalue weighted by Crippen LogP contribution is 2.17. The number of rotatable bonds is 62. The fraction of sp³-hybridized carbons (Fsp3) is 0.675. The van der Waals surface area contributed by atoms with E-state index < -0.39 is 6.10 Å². The average molecular weight is 1150 g/mol. The van der Waals surface area contributed by atoms with Crippen molar-refractivity contribution >= 4 is 17.9 Å². The third-order valence-corrected chi connectivity index (χ3v) is 14.6. The second-order valence-corrected chi connectivity index (χ2v) is 22.7. The highest BCUT2D eigenvalue weighted by atomic mass is 16.6. The van der Waals surface area contributed by atoms with Gasteiger partial charge in [0, 0.05) is 19.3 Å². The summed E-state index contributed by atoms with van der Waals surface area (Å²) in [5.74, 6) is -0.920. The van der Waals surface area contributed by atoms with Crippen LogP contribution in [0, 0.1) is 0 Å². The SMILES string of the molecule is CC/C=C\C/C=C\C/C=C\C/C=C\C/C=C\C/C=C\CCCCCCC(=O)OC(COC(=O)CCCCCCC/C=C\CCCC)COC(=O)CCCCCCCCCCCCCCCCCCCC/C=C\C/C=C\C/C=C\C/C=C\CC. The predicted octanol–water partition coefficient (Wildman–Crippen LogP) is 24.1. The van der Waals surface area contributed by atoms with Gasteiger partial charge in [-0.25, -0.2) is 0 Å². The topological polar surface area (TPSA) is 78.9 Å². The molecule has 0 aromatic heterocycles. The number of carbonyl (C=O) groups is 3. The van der Waals surface area contributed by atoms with Crippen LogP contribution in [0.25, 0.3) is 0 Å². The molecule has 0 saturated heterocycles. The van der Waals surface area contributed by atoms with Crippen molar-refractivity contribution in [2.75, 3.05) is 13.2 Å². The number of unbranched alkanes of at least 4 members (excludes halogenated alkanes) is 29. The number of ether oxygens (including phenoxy) is 3. The molecule has 0 radical (unpaired) electrons. The van der Waals surface area contributed by atoms with Crippen LogP contribution in [-0.4, -0.2) is 37.2 Å². The zero-order valence-corrected chi connectivity index (χ0v) is 54.2. The van der Waals surface area contributed by atoms with Gasteiger partial charge in [0.2, 0.25) is 0 Å². The molecule has 1 atom stereocenters. The standard InChI is InChI=1S/C77H128O6/c1-4-7-10-13-16-19-22-24-26-28-30-32-34-35-36-37-38-39-40-41-43-44-46-48-50-52-55-58-61-64-67-70-76(79)82-73-74(72-81-75(78)69-66-63-60-57-54-21-18-15-12-9-6-3)83-77(80)71-68-65-62-59-56-53-51-49-47-45-42-33-31-29-27-25-23-20-17-14-11-8-5-2/h7-8,10-11,15-20,24-27,30-33,45,47,51,53,74H,4-6,9,12-14,21-23,28-29,34-44,46,48-50,52,54-73H2,1-3H3/b10-7-,11-8-,18-15-,19-16-,20-17-,26-24-,27-25-,32-30-,33-31-,47-45-,53-51-. The molecule has 0 aliphatic heterocycles. The lowest BCUT2D eigenvalue weighted by Gasteiger charge is -2.18. The van der Waals surface area contributed by atoms with Gasteiger partial charge >= 0.3 is 17.9 Å². The molecular formula is C77H128O6. The highest BCUT2D eigenvalue weighted by Gasteiger charge is 2.19. The van der Waals surface area contributed by atoms with Crippen molar-refractivity contribution in [3.05, 3.63) is 134 Å². The summed E-state index contributed by atoms with van der Waals surface area (Å²) < 4.78 is 16.9. The zero-order valence-electron chi connectivity index (χ0n) is 54.2. The van der Waals surface area contributed by atoms with Gasteiger partial charge in [0.25, 0.3) is 0 Å². The van der Waals surface area contributed by atoms with E-state index in [9.17, 15) is 14.4 Å². The van der Waals surface area contributed by atoms with Gasteiger partial charge in [0.15, 0.2) is 6.10 Å². The molecule has 0 aliphatic carbocycles. The maximum atomic E-state index is 12.9. The van der Waals surface area contributed by atoms with E-state index in [0.717, 1.165) is 148 Å². The van der Waals surface area contributed by atoms with E-state index in [1.807, 2.05) is 0 Å². The van der Waals surface area contributed by atoms with Gasteiger partial charge in [-0.2, -0.15) is 0 Å². The maximum Gasteiger partial charge on any atom is 0.306 e. The van der Waals surface area contributed by atoms with E-state index in [2.05, 4.69) is 154 Å².